The van der Waals surface area contributed by atoms with Crippen LogP contribution in [0, 0.1) is 0 Å². The molecule has 1 atom stereocenters. The largest absolute Gasteiger partial charge is 0.370 e. The molecule has 3 N–H and O–H groups in total. The number of nitrogens with one attached hydrogen (secondary N) is 1. The zero-order chi connectivity index (χ0) is 16.5. The lowest BCUT2D eigenvalue weighted by Gasteiger charge is -2.21. The number of amides is 1. The number of nitrogens with zero attached hydrogens (tertiary/aromatic N) is 2. The minimum Gasteiger partial charge on any atom is -0.370 e. The number of benzene rings is 2. The molecule has 0 bridgehead atoms. The van der Waals surface area contributed by atoms with Crippen molar-refractivity contribution < 1.29 is 4.79 Å². The molecule has 1 amide bonds. The quantitative estimate of drug-likeness (QED) is 0.908. The second kappa shape index (κ2) is 5.85. The predicted octanol–water partition coefficient (Wildman–Crippen LogP) is 1.94. The molecule has 120 valence electrons. The van der Waals surface area contributed by atoms with Gasteiger partial charge in [-0.3, -0.25) is 4.79 Å². The van der Waals surface area contributed by atoms with Gasteiger partial charge in [0.25, 0.3) is 5.91 Å². The second-order valence-corrected chi connectivity index (χ2v) is 6.00. The zero-order valence-electron chi connectivity index (χ0n) is 13.1. The molecular formula is C19H18N4O. The highest BCUT2D eigenvalue weighted by molar-refractivity contribution is 6.02. The van der Waals surface area contributed by atoms with Crippen molar-refractivity contribution in [3.8, 4) is 0 Å². The van der Waals surface area contributed by atoms with Crippen molar-refractivity contribution in [2.75, 3.05) is 6.54 Å². The van der Waals surface area contributed by atoms with E-state index in [9.17, 15) is 4.79 Å². The Morgan fingerprint density at radius 1 is 1.08 bits per heavy atom. The third kappa shape index (κ3) is 2.54. The summed E-state index contributed by atoms with van der Waals surface area (Å²) in [7, 11) is 0. The summed E-state index contributed by atoms with van der Waals surface area (Å²) in [5.74, 6) is 0.269. The number of carbonyl (C=O) groups excluding carboxylic acids is 1. The SMILES string of the molecule is NC1=N[C@@H](c2ccccc2)C2=C(N1)C(=O)N(Cc1ccccc1)C2. The van der Waals surface area contributed by atoms with E-state index in [-0.39, 0.29) is 17.9 Å². The molecular weight excluding hydrogens is 300 g/mol. The van der Waals surface area contributed by atoms with Crippen LogP contribution in [-0.2, 0) is 11.3 Å². The van der Waals surface area contributed by atoms with Crippen LogP contribution < -0.4 is 11.1 Å². The van der Waals surface area contributed by atoms with Crippen LogP contribution in [0.1, 0.15) is 17.2 Å². The van der Waals surface area contributed by atoms with Gasteiger partial charge in [0, 0.05) is 18.7 Å². The molecule has 0 aromatic heterocycles. The Balaban J connectivity index is 1.63. The third-order valence-electron chi connectivity index (χ3n) is 4.37. The van der Waals surface area contributed by atoms with E-state index in [1.807, 2.05) is 65.6 Å². The van der Waals surface area contributed by atoms with E-state index < -0.39 is 0 Å². The van der Waals surface area contributed by atoms with Crippen LogP contribution >= 0.6 is 0 Å². The highest BCUT2D eigenvalue weighted by Crippen LogP contribution is 2.35. The van der Waals surface area contributed by atoms with Gasteiger partial charge in [-0.2, -0.15) is 0 Å². The molecule has 5 heteroatoms. The molecule has 0 saturated heterocycles. The van der Waals surface area contributed by atoms with E-state index in [2.05, 4.69) is 10.3 Å². The zero-order valence-corrected chi connectivity index (χ0v) is 13.1. The number of carbonyl (C=O) groups is 1. The first-order valence-electron chi connectivity index (χ1n) is 7.94. The highest BCUT2D eigenvalue weighted by Gasteiger charge is 2.37. The van der Waals surface area contributed by atoms with Gasteiger partial charge in [0.1, 0.15) is 11.7 Å². The molecule has 0 unspecified atom stereocenters. The molecule has 4 rings (SSSR count). The number of hydrogen-bond donors (Lipinski definition) is 2. The molecule has 24 heavy (non-hydrogen) atoms. The highest BCUT2D eigenvalue weighted by atomic mass is 16.2. The lowest BCUT2D eigenvalue weighted by molar-refractivity contribution is -0.126. The molecule has 0 aliphatic carbocycles. The second-order valence-electron chi connectivity index (χ2n) is 6.00. The Morgan fingerprint density at radius 2 is 1.75 bits per heavy atom. The normalized spacial score (nSPS) is 19.8. The minimum absolute atomic E-state index is 0.0207. The van der Waals surface area contributed by atoms with Gasteiger partial charge in [-0.25, -0.2) is 4.99 Å². The van der Waals surface area contributed by atoms with E-state index in [0.29, 0.717) is 18.8 Å². The van der Waals surface area contributed by atoms with Gasteiger partial charge in [0.05, 0.1) is 0 Å². The van der Waals surface area contributed by atoms with Gasteiger partial charge in [0.2, 0.25) is 0 Å². The van der Waals surface area contributed by atoms with Crippen LogP contribution in [-0.4, -0.2) is 23.3 Å². The maximum Gasteiger partial charge on any atom is 0.271 e. The van der Waals surface area contributed by atoms with Crippen molar-refractivity contribution >= 4 is 11.9 Å². The minimum atomic E-state index is -0.202. The predicted molar refractivity (Wildman–Crippen MR) is 92.8 cm³/mol. The summed E-state index contributed by atoms with van der Waals surface area (Å²) in [6.07, 6.45) is 0. The third-order valence-corrected chi connectivity index (χ3v) is 4.37. The van der Waals surface area contributed by atoms with Crippen molar-refractivity contribution in [1.82, 2.24) is 10.2 Å². The van der Waals surface area contributed by atoms with Crippen molar-refractivity contribution in [2.24, 2.45) is 10.7 Å². The molecule has 0 spiro atoms. The first-order valence-corrected chi connectivity index (χ1v) is 7.94. The van der Waals surface area contributed by atoms with Crippen LogP contribution in [0.5, 0.6) is 0 Å². The Morgan fingerprint density at radius 3 is 2.46 bits per heavy atom. The van der Waals surface area contributed by atoms with E-state index in [1.165, 1.54) is 0 Å². The summed E-state index contributed by atoms with van der Waals surface area (Å²) in [5.41, 5.74) is 9.62. The van der Waals surface area contributed by atoms with Crippen molar-refractivity contribution in [2.45, 2.75) is 12.6 Å². The maximum absolute atomic E-state index is 12.8. The van der Waals surface area contributed by atoms with Crippen molar-refractivity contribution in [3.63, 3.8) is 0 Å². The monoisotopic (exact) mass is 318 g/mol. The number of nitrogens with two attached hydrogens (primary N) is 1. The fourth-order valence-corrected chi connectivity index (χ4v) is 3.23. The van der Waals surface area contributed by atoms with Gasteiger partial charge < -0.3 is 16.0 Å². The van der Waals surface area contributed by atoms with Gasteiger partial charge in [-0.15, -0.1) is 0 Å². The molecule has 0 radical (unpaired) electrons. The topological polar surface area (TPSA) is 70.7 Å². The smallest absolute Gasteiger partial charge is 0.271 e. The average molecular weight is 318 g/mol. The number of aliphatic imine (C=N–C) groups is 1. The van der Waals surface area contributed by atoms with Crippen molar-refractivity contribution in [1.29, 1.82) is 0 Å². The van der Waals surface area contributed by atoms with E-state index in [0.717, 1.165) is 16.7 Å². The molecule has 2 aromatic carbocycles. The molecule has 2 aliphatic rings. The Labute approximate surface area is 140 Å². The standard InChI is InChI=1S/C19H18N4O/c20-19-21-16(14-9-5-2-6-10-14)15-12-23(18(24)17(15)22-19)11-13-7-3-1-4-8-13/h1-10,16H,11-12H2,(H3,20,21,22)/t16-/m0/s1. The summed E-state index contributed by atoms with van der Waals surface area (Å²) in [6.45, 7) is 1.14. The molecule has 0 fully saturated rings. The lowest BCUT2D eigenvalue weighted by atomic mass is 9.97. The number of hydrogen-bond acceptors (Lipinski definition) is 4. The first kappa shape index (κ1) is 14.5. The van der Waals surface area contributed by atoms with E-state index >= 15 is 0 Å². The van der Waals surface area contributed by atoms with E-state index in [1.54, 1.807) is 0 Å². The lowest BCUT2D eigenvalue weighted by Crippen LogP contribution is -2.38. The Hall–Kier alpha value is -3.08. The van der Waals surface area contributed by atoms with Crippen LogP contribution in [0.3, 0.4) is 0 Å². The van der Waals surface area contributed by atoms with Gasteiger partial charge in [-0.1, -0.05) is 60.7 Å². The van der Waals surface area contributed by atoms with Gasteiger partial charge >= 0.3 is 0 Å². The molecule has 5 nitrogen and oxygen atoms in total. The molecule has 2 aliphatic heterocycles. The summed E-state index contributed by atoms with van der Waals surface area (Å²) in [5, 5.41) is 2.96. The molecule has 2 aromatic rings. The van der Waals surface area contributed by atoms with Crippen LogP contribution in [0.25, 0.3) is 0 Å². The van der Waals surface area contributed by atoms with Gasteiger partial charge in [0.15, 0.2) is 5.96 Å². The van der Waals surface area contributed by atoms with Gasteiger partial charge in [-0.05, 0) is 11.1 Å². The summed E-state index contributed by atoms with van der Waals surface area (Å²) < 4.78 is 0. The average Bonchev–Trinajstić information content (AvgIpc) is 2.92. The van der Waals surface area contributed by atoms with Crippen molar-refractivity contribution in [3.05, 3.63) is 83.1 Å². The Bertz CT molecular complexity index is 827. The molecule has 0 saturated carbocycles. The summed E-state index contributed by atoms with van der Waals surface area (Å²) >= 11 is 0. The fraction of sp³-hybridized carbons (Fsp3) is 0.158. The Kier molecular flexibility index (Phi) is 3.54. The summed E-state index contributed by atoms with van der Waals surface area (Å²) in [6, 6.07) is 19.7. The maximum atomic E-state index is 12.8. The number of rotatable bonds is 3. The number of guanidine groups is 1. The molecule has 2 heterocycles. The van der Waals surface area contributed by atoms with Crippen LogP contribution in [0.2, 0.25) is 0 Å². The summed E-state index contributed by atoms with van der Waals surface area (Å²) in [4.78, 5) is 19.1. The van der Waals surface area contributed by atoms with Crippen LogP contribution in [0.4, 0.5) is 0 Å². The van der Waals surface area contributed by atoms with Crippen LogP contribution in [0.15, 0.2) is 76.9 Å². The fourth-order valence-electron chi connectivity index (χ4n) is 3.23. The first-order chi connectivity index (χ1) is 11.7. The van der Waals surface area contributed by atoms with E-state index in [4.69, 9.17) is 5.73 Å².